The van der Waals surface area contributed by atoms with E-state index in [4.69, 9.17) is 0 Å². The van der Waals surface area contributed by atoms with Gasteiger partial charge in [-0.25, -0.2) is 4.39 Å². The van der Waals surface area contributed by atoms with E-state index < -0.39 is 0 Å². The predicted octanol–water partition coefficient (Wildman–Crippen LogP) is 3.75. The average Bonchev–Trinajstić information content (AvgIpc) is 2.22. The summed E-state index contributed by atoms with van der Waals surface area (Å²) in [7, 11) is 1.97. The maximum absolute atomic E-state index is 13.2. The second-order valence-electron chi connectivity index (χ2n) is 4.61. The summed E-state index contributed by atoms with van der Waals surface area (Å²) in [5, 5.41) is 3.35. The van der Waals surface area contributed by atoms with Gasteiger partial charge in [-0.3, -0.25) is 0 Å². The molecule has 0 heterocycles. The van der Waals surface area contributed by atoms with Crippen molar-refractivity contribution in [3.05, 3.63) is 34.6 Å². The van der Waals surface area contributed by atoms with Crippen molar-refractivity contribution in [1.82, 2.24) is 5.32 Å². The van der Waals surface area contributed by atoms with Crippen LogP contribution in [0.25, 0.3) is 0 Å². The Bertz CT molecular complexity index is 337. The maximum Gasteiger partial charge on any atom is 0.123 e. The Hall–Kier alpha value is -0.890. The van der Waals surface area contributed by atoms with Crippen LogP contribution in [-0.4, -0.2) is 7.05 Å². The lowest BCUT2D eigenvalue weighted by molar-refractivity contribution is 0.397. The molecule has 0 radical (unpaired) electrons. The third-order valence-corrected chi connectivity index (χ3v) is 3.39. The first kappa shape index (κ1) is 13.2. The van der Waals surface area contributed by atoms with E-state index in [-0.39, 0.29) is 5.82 Å². The number of halogens is 1. The van der Waals surface area contributed by atoms with Crippen LogP contribution in [0.2, 0.25) is 0 Å². The van der Waals surface area contributed by atoms with Crippen LogP contribution in [0.5, 0.6) is 0 Å². The van der Waals surface area contributed by atoms with Gasteiger partial charge in [-0.05, 0) is 55.6 Å². The van der Waals surface area contributed by atoms with Gasteiger partial charge in [0.15, 0.2) is 0 Å². The zero-order chi connectivity index (χ0) is 12.3. The molecule has 0 saturated heterocycles. The summed E-state index contributed by atoms with van der Waals surface area (Å²) in [5.41, 5.74) is 3.33. The zero-order valence-electron chi connectivity index (χ0n) is 10.9. The minimum absolute atomic E-state index is 0.141. The molecule has 0 aliphatic carbocycles. The molecular formula is C14H22FN. The second-order valence-corrected chi connectivity index (χ2v) is 4.61. The van der Waals surface area contributed by atoms with Crippen molar-refractivity contribution in [3.8, 4) is 0 Å². The third kappa shape index (κ3) is 2.62. The molecule has 0 aliphatic rings. The van der Waals surface area contributed by atoms with Crippen LogP contribution in [-0.2, 0) is 0 Å². The monoisotopic (exact) mass is 223 g/mol. The summed E-state index contributed by atoms with van der Waals surface area (Å²) in [5.74, 6) is 0.408. The fourth-order valence-corrected chi connectivity index (χ4v) is 2.36. The molecule has 0 aliphatic heterocycles. The van der Waals surface area contributed by atoms with Crippen LogP contribution in [0.15, 0.2) is 12.1 Å². The molecule has 0 aromatic heterocycles. The van der Waals surface area contributed by atoms with Gasteiger partial charge in [0, 0.05) is 6.04 Å². The van der Waals surface area contributed by atoms with Crippen LogP contribution in [0.1, 0.15) is 43.0 Å². The van der Waals surface area contributed by atoms with E-state index in [0.717, 1.165) is 17.5 Å². The zero-order valence-corrected chi connectivity index (χ0v) is 10.9. The Balaban J connectivity index is 3.19. The molecule has 0 saturated carbocycles. The maximum atomic E-state index is 13.2. The molecular weight excluding hydrogens is 201 g/mol. The van der Waals surface area contributed by atoms with Crippen molar-refractivity contribution < 1.29 is 4.39 Å². The van der Waals surface area contributed by atoms with E-state index in [1.54, 1.807) is 12.1 Å². The number of hydrogen-bond donors (Lipinski definition) is 1. The SMILES string of the molecule is CCC(C)C(NC)c1c(C)cc(F)cc1C. The van der Waals surface area contributed by atoms with Gasteiger partial charge < -0.3 is 5.32 Å². The Morgan fingerprint density at radius 3 is 2.12 bits per heavy atom. The van der Waals surface area contributed by atoms with Gasteiger partial charge in [-0.1, -0.05) is 20.3 Å². The fraction of sp³-hybridized carbons (Fsp3) is 0.571. The summed E-state index contributed by atoms with van der Waals surface area (Å²) in [6.45, 7) is 8.38. The lowest BCUT2D eigenvalue weighted by Gasteiger charge is -2.26. The highest BCUT2D eigenvalue weighted by Crippen LogP contribution is 2.29. The minimum atomic E-state index is -0.141. The van der Waals surface area contributed by atoms with E-state index in [1.165, 1.54) is 5.56 Å². The highest BCUT2D eigenvalue weighted by molar-refractivity contribution is 5.37. The number of nitrogens with one attached hydrogen (secondary N) is 1. The number of rotatable bonds is 4. The molecule has 2 atom stereocenters. The average molecular weight is 223 g/mol. The first-order chi connectivity index (χ1) is 7.51. The third-order valence-electron chi connectivity index (χ3n) is 3.39. The predicted molar refractivity (Wildman–Crippen MR) is 67.1 cm³/mol. The standard InChI is InChI=1S/C14H22FN/c1-6-9(2)14(16-5)13-10(3)7-12(15)8-11(13)4/h7-9,14,16H,6H2,1-5H3. The van der Waals surface area contributed by atoms with Gasteiger partial charge in [0.1, 0.15) is 5.82 Å². The normalized spacial score (nSPS) is 14.9. The molecule has 1 aromatic rings. The Morgan fingerprint density at radius 2 is 1.75 bits per heavy atom. The van der Waals surface area contributed by atoms with Crippen LogP contribution in [0.3, 0.4) is 0 Å². The van der Waals surface area contributed by atoms with Crippen LogP contribution in [0, 0.1) is 25.6 Å². The summed E-state index contributed by atoms with van der Waals surface area (Å²) < 4.78 is 13.2. The van der Waals surface area contributed by atoms with E-state index >= 15 is 0 Å². The minimum Gasteiger partial charge on any atom is -0.313 e. The van der Waals surface area contributed by atoms with Gasteiger partial charge in [-0.2, -0.15) is 0 Å². The molecule has 1 aromatic carbocycles. The van der Waals surface area contributed by atoms with E-state index in [9.17, 15) is 4.39 Å². The second kappa shape index (κ2) is 5.44. The molecule has 0 spiro atoms. The Labute approximate surface area is 98.1 Å². The van der Waals surface area contributed by atoms with Crippen molar-refractivity contribution in [2.24, 2.45) is 5.92 Å². The lowest BCUT2D eigenvalue weighted by Crippen LogP contribution is -2.25. The molecule has 2 heteroatoms. The fourth-order valence-electron chi connectivity index (χ4n) is 2.36. The van der Waals surface area contributed by atoms with Gasteiger partial charge >= 0.3 is 0 Å². The summed E-state index contributed by atoms with van der Waals surface area (Å²) in [6.07, 6.45) is 1.11. The number of hydrogen-bond acceptors (Lipinski definition) is 1. The molecule has 1 rings (SSSR count). The van der Waals surface area contributed by atoms with Crippen LogP contribution in [0.4, 0.5) is 4.39 Å². The Kier molecular flexibility index (Phi) is 4.48. The van der Waals surface area contributed by atoms with E-state index in [2.05, 4.69) is 19.2 Å². The first-order valence-electron chi connectivity index (χ1n) is 5.95. The van der Waals surface area contributed by atoms with Crippen molar-refractivity contribution in [3.63, 3.8) is 0 Å². The molecule has 0 bridgehead atoms. The van der Waals surface area contributed by atoms with Crippen LogP contribution < -0.4 is 5.32 Å². The molecule has 1 N–H and O–H groups in total. The Morgan fingerprint density at radius 1 is 1.25 bits per heavy atom. The van der Waals surface area contributed by atoms with E-state index in [1.807, 2.05) is 20.9 Å². The number of benzene rings is 1. The molecule has 90 valence electrons. The molecule has 2 unspecified atom stereocenters. The van der Waals surface area contributed by atoms with Gasteiger partial charge in [-0.15, -0.1) is 0 Å². The summed E-state index contributed by atoms with van der Waals surface area (Å²) in [6, 6.07) is 3.55. The summed E-state index contributed by atoms with van der Waals surface area (Å²) in [4.78, 5) is 0. The topological polar surface area (TPSA) is 12.0 Å². The molecule has 16 heavy (non-hydrogen) atoms. The smallest absolute Gasteiger partial charge is 0.123 e. The molecule has 0 amide bonds. The molecule has 0 fully saturated rings. The number of aryl methyl sites for hydroxylation is 2. The van der Waals surface area contributed by atoms with Crippen LogP contribution >= 0.6 is 0 Å². The first-order valence-corrected chi connectivity index (χ1v) is 5.95. The quantitative estimate of drug-likeness (QED) is 0.819. The van der Waals surface area contributed by atoms with Gasteiger partial charge in [0.2, 0.25) is 0 Å². The van der Waals surface area contributed by atoms with Gasteiger partial charge in [0.25, 0.3) is 0 Å². The highest BCUT2D eigenvalue weighted by Gasteiger charge is 2.20. The van der Waals surface area contributed by atoms with Crippen molar-refractivity contribution in [1.29, 1.82) is 0 Å². The molecule has 1 nitrogen and oxygen atoms in total. The van der Waals surface area contributed by atoms with Crippen molar-refractivity contribution in [2.75, 3.05) is 7.05 Å². The lowest BCUT2D eigenvalue weighted by atomic mass is 9.87. The van der Waals surface area contributed by atoms with Crippen molar-refractivity contribution >= 4 is 0 Å². The largest absolute Gasteiger partial charge is 0.313 e. The van der Waals surface area contributed by atoms with Gasteiger partial charge in [0.05, 0.1) is 0 Å². The summed E-state index contributed by atoms with van der Waals surface area (Å²) >= 11 is 0. The van der Waals surface area contributed by atoms with Crippen molar-refractivity contribution in [2.45, 2.75) is 40.2 Å². The van der Waals surface area contributed by atoms with E-state index in [0.29, 0.717) is 12.0 Å². The highest BCUT2D eigenvalue weighted by atomic mass is 19.1.